The third-order valence-electron chi connectivity index (χ3n) is 15.9. The highest BCUT2D eigenvalue weighted by Gasteiger charge is 2.80. The number of nitrogens with zero attached hydrogens (tertiary/aromatic N) is 6. The van der Waals surface area contributed by atoms with E-state index in [1.165, 1.54) is 33.3 Å². The van der Waals surface area contributed by atoms with Gasteiger partial charge < -0.3 is 38.8 Å². The third-order valence-corrected chi connectivity index (χ3v) is 15.9. The van der Waals surface area contributed by atoms with E-state index in [1.807, 2.05) is 50.1 Å². The maximum atomic E-state index is 15.4. The summed E-state index contributed by atoms with van der Waals surface area (Å²) in [6, 6.07) is 7.16. The van der Waals surface area contributed by atoms with Gasteiger partial charge in [-0.05, 0) is 91.9 Å². The summed E-state index contributed by atoms with van der Waals surface area (Å²) in [4.78, 5) is 56.4. The largest absolute Gasteiger partial charge is 0.496 e. The molecule has 0 amide bonds. The smallest absolute Gasteiger partial charge is 0.344 e. The van der Waals surface area contributed by atoms with Crippen LogP contribution >= 0.6 is 0 Å². The lowest BCUT2D eigenvalue weighted by Gasteiger charge is -2.63. The lowest BCUT2D eigenvalue weighted by molar-refractivity contribution is -0.228. The number of aromatic amines is 1. The molecule has 2 aromatic carbocycles. The second-order valence-corrected chi connectivity index (χ2v) is 18.5. The van der Waals surface area contributed by atoms with Gasteiger partial charge in [-0.2, -0.15) is 0 Å². The molecule has 1 unspecified atom stereocenters. The van der Waals surface area contributed by atoms with Gasteiger partial charge in [0, 0.05) is 95.8 Å². The predicted molar refractivity (Wildman–Crippen MR) is 227 cm³/mol. The zero-order chi connectivity index (χ0) is 44.1. The van der Waals surface area contributed by atoms with Crippen LogP contribution in [0.4, 0.5) is 10.1 Å². The Morgan fingerprint density at radius 3 is 2.48 bits per heavy atom. The van der Waals surface area contributed by atoms with Crippen molar-refractivity contribution in [3.63, 3.8) is 0 Å². The highest BCUT2D eigenvalue weighted by atomic mass is 19.1. The summed E-state index contributed by atoms with van der Waals surface area (Å²) in [7, 11) is 5.97. The number of nitrogens with one attached hydrogen (secondary N) is 1. The van der Waals surface area contributed by atoms with Crippen LogP contribution in [0, 0.1) is 17.2 Å². The number of carbonyl (C=O) groups excluding carboxylic acids is 3. The van der Waals surface area contributed by atoms with Gasteiger partial charge in [0.15, 0.2) is 6.10 Å². The van der Waals surface area contributed by atoms with Crippen molar-refractivity contribution >= 4 is 34.5 Å². The van der Waals surface area contributed by atoms with Crippen LogP contribution < -0.4 is 9.64 Å². The number of hydrogen-bond donors (Lipinski definition) is 2. The molecule has 1 saturated carbocycles. The van der Waals surface area contributed by atoms with E-state index < -0.39 is 63.3 Å². The van der Waals surface area contributed by atoms with E-state index in [1.54, 1.807) is 13.2 Å². The summed E-state index contributed by atoms with van der Waals surface area (Å²) in [6.07, 6.45) is 5.46. The Morgan fingerprint density at radius 2 is 1.81 bits per heavy atom. The van der Waals surface area contributed by atoms with E-state index in [0.717, 1.165) is 11.1 Å². The van der Waals surface area contributed by atoms with Gasteiger partial charge >= 0.3 is 17.9 Å². The van der Waals surface area contributed by atoms with Gasteiger partial charge in [0.1, 0.15) is 17.0 Å². The van der Waals surface area contributed by atoms with E-state index in [9.17, 15) is 20.2 Å². The minimum atomic E-state index is -2.35. The molecular formula is C46H56FN7O8. The van der Waals surface area contributed by atoms with Crippen LogP contribution in [0.2, 0.25) is 0 Å². The van der Waals surface area contributed by atoms with E-state index in [-0.39, 0.29) is 18.4 Å². The molecular weight excluding hydrogens is 798 g/mol. The number of H-pyrrole nitrogens is 1. The number of anilines is 1. The molecule has 1 aliphatic carbocycles. The Labute approximate surface area is 360 Å². The average Bonchev–Trinajstić information content (AvgIpc) is 3.92. The Hall–Kier alpha value is -5.15. The number of piperidine rings is 1. The predicted octanol–water partition coefficient (Wildman–Crippen LogP) is 5.45. The fourth-order valence-electron chi connectivity index (χ4n) is 13.8. The number of esters is 3. The van der Waals surface area contributed by atoms with Gasteiger partial charge in [-0.15, -0.1) is 0 Å². The number of aliphatic hydroxyl groups is 1. The maximum absolute atomic E-state index is 15.4. The number of benzene rings is 2. The number of methoxy groups -OCH3 is 3. The molecule has 62 heavy (non-hydrogen) atoms. The first kappa shape index (κ1) is 42.2. The topological polar surface area (TPSA) is 183 Å². The van der Waals surface area contributed by atoms with Gasteiger partial charge in [0.25, 0.3) is 0 Å². The van der Waals surface area contributed by atoms with Crippen LogP contribution in [0.3, 0.4) is 0 Å². The average molecular weight is 854 g/mol. The quantitative estimate of drug-likeness (QED) is 0.0735. The van der Waals surface area contributed by atoms with Crippen LogP contribution in [-0.4, -0.2) is 128 Å². The first-order valence-corrected chi connectivity index (χ1v) is 21.7. The van der Waals surface area contributed by atoms with Crippen molar-refractivity contribution in [3.8, 4) is 5.75 Å². The summed E-state index contributed by atoms with van der Waals surface area (Å²) in [5, 5.41) is 18.4. The molecule has 2 saturated heterocycles. The van der Waals surface area contributed by atoms with Crippen LogP contribution in [0.15, 0.2) is 47.6 Å². The second kappa shape index (κ2) is 14.7. The van der Waals surface area contributed by atoms with Gasteiger partial charge in [0.2, 0.25) is 5.60 Å². The number of carbonyl (C=O) groups is 3. The van der Waals surface area contributed by atoms with E-state index >= 15 is 9.18 Å². The van der Waals surface area contributed by atoms with Crippen molar-refractivity contribution in [2.24, 2.45) is 16.4 Å². The molecule has 2 N–H and O–H groups in total. The van der Waals surface area contributed by atoms with Gasteiger partial charge in [-0.25, -0.2) is 9.18 Å². The highest BCUT2D eigenvalue weighted by Crippen LogP contribution is 2.68. The lowest BCUT2D eigenvalue weighted by atomic mass is 9.47. The van der Waals surface area contributed by atoms with E-state index in [2.05, 4.69) is 24.8 Å². The summed E-state index contributed by atoms with van der Waals surface area (Å²) >= 11 is 0. The molecule has 0 radical (unpaired) electrons. The molecule has 2 bridgehead atoms. The SMILES string of the molecule is CC[C@@]1(N=[N+]=[N-])C[C@@H]2CN(CCc3c([nH]c4ccc(F)cc34)[C@@](C(=O)OC)(c3cc4c(cc3OC)N(C)[C@H]3[C@@](O)(C(=O)OC)[C@H](OC(C)=O)[C@]5(CC)C=CCN6CC[C@]43[C@@H]65)C2)C1. The Balaban J connectivity index is 1.37. The number of fused-ring (bicyclic) bond motifs is 6. The normalized spacial score (nSPS) is 35.6. The van der Waals surface area contributed by atoms with Crippen LogP contribution in [0.25, 0.3) is 21.3 Å². The summed E-state index contributed by atoms with van der Waals surface area (Å²) in [5.41, 5.74) is 7.18. The molecule has 10 atom stereocenters. The molecule has 16 heteroatoms. The summed E-state index contributed by atoms with van der Waals surface area (Å²) in [5.74, 6) is -2.32. The van der Waals surface area contributed by atoms with Gasteiger partial charge in [0.05, 0.1) is 32.9 Å². The zero-order valence-electron chi connectivity index (χ0n) is 36.5. The van der Waals surface area contributed by atoms with Crippen molar-refractivity contribution in [2.45, 2.75) is 99.5 Å². The molecule has 1 aromatic heterocycles. The number of hydrogen-bond acceptors (Lipinski definition) is 12. The maximum Gasteiger partial charge on any atom is 0.344 e. The molecule has 15 nitrogen and oxygen atoms in total. The van der Waals surface area contributed by atoms with Crippen LogP contribution in [0.1, 0.15) is 75.3 Å². The number of azide groups is 1. The molecule has 3 fully saturated rings. The minimum Gasteiger partial charge on any atom is -0.496 e. The standard InChI is InChI=1S/C46H56FN7O8/c1-8-42(50-51-48)22-27-23-45(40(56)60-6,36-29(13-17-53(24-27)25-42)30-19-28(47)11-12-33(30)49-36)32-20-31-34(21-35(32)59-5)52(4)38-44(31)15-18-54-16-10-14-43(9-2,37(44)54)39(62-26(3)55)46(38,58)41(57)61-7/h10-12,14,19-21,27,37-39,49,58H,8-9,13,15-18,22-25H2,1-7H3/t27-,37-,38+,39+,42+,43+,44+,45-,46-/m0/s1. The number of halogens is 1. The summed E-state index contributed by atoms with van der Waals surface area (Å²) in [6.45, 7) is 8.24. The van der Waals surface area contributed by atoms with Crippen molar-refractivity contribution < 1.29 is 42.8 Å². The molecule has 5 aliphatic heterocycles. The number of aromatic nitrogens is 1. The number of rotatable bonds is 8. The Bertz CT molecular complexity index is 2450. The van der Waals surface area contributed by atoms with E-state index in [0.29, 0.717) is 98.4 Å². The molecule has 9 rings (SSSR count). The molecule has 6 aliphatic rings. The van der Waals surface area contributed by atoms with Crippen molar-refractivity contribution in [1.82, 2.24) is 14.8 Å². The van der Waals surface area contributed by atoms with Crippen LogP contribution in [-0.2, 0) is 45.8 Å². The second-order valence-electron chi connectivity index (χ2n) is 18.5. The first-order valence-electron chi connectivity index (χ1n) is 21.7. The molecule has 6 heterocycles. The molecule has 1 spiro atoms. The highest BCUT2D eigenvalue weighted by molar-refractivity contribution is 5.95. The minimum absolute atomic E-state index is 0.185. The Morgan fingerprint density at radius 1 is 1.03 bits per heavy atom. The fraction of sp³-hybridized carbons (Fsp3) is 0.587. The van der Waals surface area contributed by atoms with Gasteiger partial charge in [-0.3, -0.25) is 14.5 Å². The lowest BCUT2D eigenvalue weighted by Crippen LogP contribution is -2.81. The first-order chi connectivity index (χ1) is 29.7. The zero-order valence-corrected chi connectivity index (χ0v) is 36.5. The van der Waals surface area contributed by atoms with Crippen molar-refractivity contribution in [2.75, 3.05) is 66.0 Å². The van der Waals surface area contributed by atoms with Crippen molar-refractivity contribution in [3.05, 3.63) is 81.1 Å². The summed E-state index contributed by atoms with van der Waals surface area (Å²) < 4.78 is 39.1. The monoisotopic (exact) mass is 853 g/mol. The fourth-order valence-corrected chi connectivity index (χ4v) is 13.8. The molecule has 330 valence electrons. The van der Waals surface area contributed by atoms with E-state index in [4.69, 9.17) is 18.9 Å². The number of likely N-dealkylation sites (N-methyl/N-ethyl adjacent to an activating group) is 1. The van der Waals surface area contributed by atoms with Gasteiger partial charge in [-0.1, -0.05) is 31.1 Å². The number of ether oxygens (including phenoxy) is 4. The van der Waals surface area contributed by atoms with Crippen LogP contribution in [0.5, 0.6) is 5.75 Å². The third kappa shape index (κ3) is 5.45. The van der Waals surface area contributed by atoms with Crippen molar-refractivity contribution in [1.29, 1.82) is 0 Å². The Kier molecular flexibility index (Phi) is 10.0. The molecule has 3 aromatic rings.